The molecule has 5 aromatic carbocycles. The van der Waals surface area contributed by atoms with Crippen molar-refractivity contribution in [1.29, 1.82) is 0 Å². The SMILES string of the molecule is C.CNc1cc(F)cc2c1[nH]c1nc(Oc3cnc(C)nc3)nc(N3CC[C@]4(CC[C@@H]4N)C3)c12.COc1ccc(CS(=O)(=O)c2nc(S(=O)(=O)Cc3ccc(OC)cc3)c3c(n2)[nH]c2c(N(C)C(=O)OC(C)(C)C)cc(F)cc23)cc1.Cc1ncc(O)cn1.Cc1ncc(Oc2nc(N3CC[C@]4(CC[C@@H]4N)C3)c3c(n2)[nH]c2c(N(C)C(=O)OC(C)(C)C)cc(F)cc23)cn1.N[C@H]1CC[C@]12CCNC2.[2H][2H].[2H][2H].[2H][2H].[2H][2H].[2H][2H].[2H][2H].[2H][2H].[2H][2H].[2H][2H].[2H][2H].[2H][2H].[2H][2H].[2H][2H].[2H][2H].[2H][2H].[2H][2H].[2H][2H].[2H][2H].[2H][2H].[2H][2H].[2H][2H].[2H][2H].[2H][2H].[2H][2H].[2H][2H].[2H][2H].[2H][2H].[2H][2H].[2H][2H].[2H][2H].[2H][2H].[2H][2H].[2H][2H]. The minimum Gasteiger partial charge on any atom is -0.505 e. The van der Waals surface area contributed by atoms with Gasteiger partial charge in [-0.1, -0.05) is 31.7 Å². The van der Waals surface area contributed by atoms with Gasteiger partial charge in [0.15, 0.2) is 22.3 Å². The molecular formula is C96H181F3N24O13S2. The highest BCUT2D eigenvalue weighted by molar-refractivity contribution is 7.91. The molecule has 796 valence electrons. The number of carbonyl (C=O) groups excluding carboxylic acids is 2. The summed E-state index contributed by atoms with van der Waals surface area (Å²) in [6.07, 6.45) is 17.8. The summed E-state index contributed by atoms with van der Waals surface area (Å²) in [6.45, 7) is 21.2. The lowest BCUT2D eigenvalue weighted by Gasteiger charge is -2.44. The number of carbonyl (C=O) groups is 2. The largest absolute Gasteiger partial charge is 0.505 e. The van der Waals surface area contributed by atoms with Crippen LogP contribution in [0.1, 0.15) is 233 Å². The second kappa shape index (κ2) is 39.1. The highest BCUT2D eigenvalue weighted by atomic mass is 32.2. The van der Waals surface area contributed by atoms with Gasteiger partial charge in [-0.05, 0) is 204 Å². The molecule has 3 aliphatic heterocycles. The summed E-state index contributed by atoms with van der Waals surface area (Å²) >= 11 is 0. The van der Waals surface area contributed by atoms with E-state index in [-0.39, 0.29) is 81.6 Å². The molecule has 3 spiro atoms. The van der Waals surface area contributed by atoms with Crippen LogP contribution < -0.4 is 66.4 Å². The van der Waals surface area contributed by atoms with Crippen molar-refractivity contribution in [2.24, 2.45) is 33.4 Å². The maximum absolute atomic E-state index is 15.2. The molecule has 14 aromatic rings. The number of nitrogens with two attached hydrogens (primary N) is 3. The zero-order chi connectivity index (χ0) is 164. The zero-order valence-electron chi connectivity index (χ0n) is 144. The van der Waals surface area contributed by atoms with Gasteiger partial charge in [-0.15, -0.1) is 0 Å². The lowest BCUT2D eigenvalue weighted by atomic mass is 9.64. The Morgan fingerprint density at radius 1 is 0.529 bits per heavy atom. The Balaban J connectivity index is -0.000000117. The number of sulfone groups is 2. The quantitative estimate of drug-likeness (QED) is 0.0302. The zero-order valence-corrected chi connectivity index (χ0v) is 80.1. The summed E-state index contributed by atoms with van der Waals surface area (Å²) in [5.74, 6) is 2.53. The molecule has 0 radical (unpaired) electrons. The molecule has 9 aromatic heterocycles. The van der Waals surface area contributed by atoms with Crippen molar-refractivity contribution in [2.45, 2.75) is 179 Å². The number of aromatic hydroxyl groups is 1. The third-order valence-electron chi connectivity index (χ3n) is 25.9. The molecule has 3 saturated carbocycles. The van der Waals surface area contributed by atoms with Gasteiger partial charge in [-0.2, -0.15) is 19.9 Å². The molecule has 3 saturated heterocycles. The fourth-order valence-electron chi connectivity index (χ4n) is 18.0. The lowest BCUT2D eigenvalue weighted by molar-refractivity contribution is 0.0579. The van der Waals surface area contributed by atoms with Crippen LogP contribution >= 0.6 is 0 Å². The van der Waals surface area contributed by atoms with Gasteiger partial charge in [0.1, 0.15) is 86.2 Å². The molecule has 6 fully saturated rings. The van der Waals surface area contributed by atoms with Crippen LogP contribution in [0, 0.1) is 54.5 Å². The number of nitrogens with zero attached hydrogens (tertiary/aromatic N) is 16. The van der Waals surface area contributed by atoms with Crippen molar-refractivity contribution in [2.75, 3.05) is 99.5 Å². The Bertz CT molecular complexity index is 7280. The van der Waals surface area contributed by atoms with E-state index in [0.717, 1.165) is 104 Å². The van der Waals surface area contributed by atoms with Gasteiger partial charge in [0.2, 0.25) is 19.7 Å². The summed E-state index contributed by atoms with van der Waals surface area (Å²) in [5, 5.41) is 16.3. The summed E-state index contributed by atoms with van der Waals surface area (Å²) in [7, 11) is -1.08. The summed E-state index contributed by atoms with van der Waals surface area (Å²) in [6, 6.07) is 21.6. The molecule has 12 N–H and O–H groups in total. The van der Waals surface area contributed by atoms with Gasteiger partial charge < -0.3 is 86.1 Å². The normalized spacial score (nSPS) is 21.2. The number of anilines is 5. The molecule has 12 heterocycles. The van der Waals surface area contributed by atoms with Crippen molar-refractivity contribution in [3.63, 3.8) is 0 Å². The number of amides is 2. The molecule has 0 unspecified atom stereocenters. The maximum atomic E-state index is 15.2. The molecule has 2 amide bonds. The van der Waals surface area contributed by atoms with Crippen molar-refractivity contribution in [3.05, 3.63) is 168 Å². The summed E-state index contributed by atoms with van der Waals surface area (Å²) in [4.78, 5) is 93.6. The Morgan fingerprint density at radius 3 is 1.28 bits per heavy atom. The number of aromatic nitrogens is 15. The van der Waals surface area contributed by atoms with E-state index in [9.17, 15) is 30.8 Å². The van der Waals surface area contributed by atoms with Crippen LogP contribution in [0.4, 0.5) is 51.5 Å². The fourth-order valence-corrected chi connectivity index (χ4v) is 20.8. The van der Waals surface area contributed by atoms with E-state index >= 15 is 8.78 Å². The van der Waals surface area contributed by atoms with Crippen molar-refractivity contribution in [1.82, 2.24) is 80.1 Å². The van der Waals surface area contributed by atoms with E-state index in [2.05, 4.69) is 85.2 Å². The first-order chi connectivity index (χ1) is 98.0. The minimum absolute atomic E-state index is 0. The van der Waals surface area contributed by atoms with Gasteiger partial charge >= 0.3 is 24.2 Å². The predicted octanol–water partition coefficient (Wildman–Crippen LogP) is 23.2. The van der Waals surface area contributed by atoms with Crippen molar-refractivity contribution in [3.8, 4) is 40.8 Å². The molecule has 6 aliphatic rings. The van der Waals surface area contributed by atoms with Gasteiger partial charge in [0, 0.05) is 197 Å². The number of methoxy groups -OCH3 is 2. The van der Waals surface area contributed by atoms with Crippen molar-refractivity contribution >= 4 is 126 Å². The highest BCUT2D eigenvalue weighted by Gasteiger charge is 2.52. The van der Waals surface area contributed by atoms with E-state index in [1.54, 1.807) is 143 Å². The monoisotopic (exact) mass is 2070 g/mol. The second-order valence-electron chi connectivity index (χ2n) is 37.5. The number of H-pyrrole nitrogens is 3. The molecule has 20 rings (SSSR count). The molecule has 3 aliphatic carbocycles. The Kier molecular flexibility index (Phi) is 18.3. The summed E-state index contributed by atoms with van der Waals surface area (Å²) in [5.41, 5.74) is 21.8. The smallest absolute Gasteiger partial charge is 0.414 e. The number of hydrogen-bond acceptors (Lipinski definition) is 32. The number of fused-ring (bicyclic) bond motifs is 9. The van der Waals surface area contributed by atoms with Crippen LogP contribution in [-0.4, -0.2) is 213 Å². The number of halogens is 3. The standard InChI is InChI=1S/C32H33FN4O8S2.C28H33FN8O3.C23H25FN8O.C7H14N2.C5H6N2O.CH4.33H2/c1-32(2,3)45-31(38)37(4)25-16-21(33)15-24-26-28(34-27(24)25)35-30(47(41,42)18-20-9-13-23(44-6)14-10-20)36-29(26)46(39,40)17-19-7-11-22(43-5)12-8-19;1-15-31-12-17(13-32-15)39-25-34-23-21(24(35-25)37-9-8-28(14-37)7-6-20(28)30)18-10-16(29)11-19(22(18)33-23)36(5)26(38)40-27(2,3)4;1-12-27-9-14(10-28-12)33-22-30-20-18(15-7-13(24)8-16(26-2)19(15)29-20)21(31-22)32-6-5-23(11-32)4-3-17(23)25;8-6-1-2-7(6)3-4-9-5-7;1-4-6-2-5(8)3-7-4;;;;;;;;;;;;;;;;;;;;;;;;;;;;;;;;;;/h7-16H,17-18H2,1-6H3,(H,34,35,36);10-13,20H,6-9,14,30H2,1-5H3,(H,33,34,35);7-10,17,26H,3-6,11,25H2,1-2H3,(H,29,30,31);6,9H,1-5,8H2;2-3,8H,1H3;1H4;33*1H/t;20-,28+;17-,23+;6-,7+;;;;;;;;;;;;;;;;;;;;;;;;;;;;;;;;;;;/m.000.................................../s1/i;;;;;;33*1+1D. The van der Waals surface area contributed by atoms with E-state index in [1.807, 2.05) is 6.92 Å². The van der Waals surface area contributed by atoms with Gasteiger partial charge in [0.25, 0.3) is 5.16 Å². The third kappa shape index (κ3) is 21.0. The van der Waals surface area contributed by atoms with E-state index in [0.29, 0.717) is 108 Å². The minimum atomic E-state index is -4.39. The van der Waals surface area contributed by atoms with Crippen LogP contribution in [0.3, 0.4) is 0 Å². The first-order valence-corrected chi connectivity index (χ1v) is 48.1. The molecule has 138 heavy (non-hydrogen) atoms. The third-order valence-corrected chi connectivity index (χ3v) is 28.9. The number of aryl methyl sites for hydroxylation is 3. The first kappa shape index (κ1) is 64.5. The number of ether oxygens (including phenoxy) is 6. The molecule has 37 nitrogen and oxygen atoms in total. The van der Waals surface area contributed by atoms with Crippen LogP contribution in [0.2, 0.25) is 0 Å². The van der Waals surface area contributed by atoms with Gasteiger partial charge in [0.05, 0.1) is 113 Å². The Morgan fingerprint density at radius 2 is 0.920 bits per heavy atom. The maximum Gasteiger partial charge on any atom is 0.414 e. The lowest BCUT2D eigenvalue weighted by Crippen LogP contribution is -2.52. The average Bonchev–Trinajstić information content (AvgIpc) is 1.58. The number of aromatic amines is 3. The highest BCUT2D eigenvalue weighted by Crippen LogP contribution is 2.52. The number of nitrogens with one attached hydrogen (secondary N) is 5. The van der Waals surface area contributed by atoms with Gasteiger partial charge in [-0.3, -0.25) is 9.80 Å². The average molecular weight is 2070 g/mol. The second-order valence-corrected chi connectivity index (χ2v) is 41.3. The topological polar surface area (TPSA) is 495 Å². The first-order valence-electron chi connectivity index (χ1n) is 77.8. The van der Waals surface area contributed by atoms with Gasteiger partial charge in [-0.25, -0.2) is 79.5 Å². The molecular weight excluding hydrogens is 1820 g/mol. The number of rotatable bonds is 17. The van der Waals surface area contributed by atoms with E-state index in [1.165, 1.54) is 95.2 Å². The molecule has 6 atom stereocenters. The Labute approximate surface area is 897 Å². The van der Waals surface area contributed by atoms with Crippen molar-refractivity contribution < 1.29 is 171 Å². The van der Waals surface area contributed by atoms with Crippen LogP contribution in [0.5, 0.6) is 40.8 Å². The van der Waals surface area contributed by atoms with E-state index < -0.39 is 76.4 Å². The fraction of sp³-hybridized carbons (Fsp3) is 0.417. The van der Waals surface area contributed by atoms with E-state index in [4.69, 9.17) is 159 Å². The number of hydrogen-bond donors (Lipinski definition) is 9. The molecule has 42 heteroatoms. The summed E-state index contributed by atoms with van der Waals surface area (Å²) < 4.78 is 463. The molecule has 0 bridgehead atoms. The number of benzene rings is 5. The predicted molar refractivity (Wildman–Crippen MR) is 589 cm³/mol. The van der Waals surface area contributed by atoms with Crippen LogP contribution in [0.15, 0.2) is 132 Å². The Hall–Kier alpha value is -13.6. The van der Waals surface area contributed by atoms with Crippen LogP contribution in [0.25, 0.3) is 65.8 Å². The van der Waals surface area contributed by atoms with Crippen LogP contribution in [-0.2, 0) is 40.7 Å².